The van der Waals surface area contributed by atoms with Crippen LogP contribution in [0.3, 0.4) is 0 Å². The molecule has 0 amide bonds. The van der Waals surface area contributed by atoms with E-state index in [4.69, 9.17) is 9.26 Å². The first-order valence-electron chi connectivity index (χ1n) is 6.54. The van der Waals surface area contributed by atoms with Crippen LogP contribution >= 0.6 is 15.9 Å². The molecule has 1 saturated carbocycles. The van der Waals surface area contributed by atoms with Gasteiger partial charge in [-0.2, -0.15) is 4.98 Å². The first-order valence-corrected chi connectivity index (χ1v) is 7.34. The second-order valence-electron chi connectivity index (χ2n) is 4.91. The molecule has 0 saturated heterocycles. The largest absolute Gasteiger partial charge is 0.496 e. The summed E-state index contributed by atoms with van der Waals surface area (Å²) in [5.74, 6) is 1.78. The molecule has 0 aliphatic heterocycles. The van der Waals surface area contributed by atoms with Crippen molar-refractivity contribution in [1.82, 2.24) is 10.1 Å². The highest BCUT2D eigenvalue weighted by molar-refractivity contribution is 9.10. The Hall–Kier alpha value is -1.40. The van der Waals surface area contributed by atoms with Crippen molar-refractivity contribution < 1.29 is 14.4 Å². The van der Waals surface area contributed by atoms with Crippen molar-refractivity contribution in [2.24, 2.45) is 0 Å². The lowest BCUT2D eigenvalue weighted by atomic mass is 10.1. The van der Waals surface area contributed by atoms with Crippen LogP contribution in [-0.4, -0.2) is 28.5 Å². The van der Waals surface area contributed by atoms with E-state index in [1.165, 1.54) is 0 Å². The maximum atomic E-state index is 9.88. The van der Waals surface area contributed by atoms with E-state index in [0.29, 0.717) is 11.7 Å². The molecule has 1 aliphatic carbocycles. The van der Waals surface area contributed by atoms with E-state index in [1.54, 1.807) is 7.11 Å². The fourth-order valence-corrected chi connectivity index (χ4v) is 3.08. The summed E-state index contributed by atoms with van der Waals surface area (Å²) in [4.78, 5) is 4.41. The highest BCUT2D eigenvalue weighted by Crippen LogP contribution is 2.35. The third-order valence-corrected chi connectivity index (χ3v) is 4.27. The highest BCUT2D eigenvalue weighted by Gasteiger charge is 2.31. The SMILES string of the molecule is COc1ccc(-c2noc(C3CCCC3O)n2)cc1Br. The number of aliphatic hydroxyl groups excluding tert-OH is 1. The first kappa shape index (κ1) is 13.6. The van der Waals surface area contributed by atoms with Crippen molar-refractivity contribution in [2.45, 2.75) is 31.3 Å². The number of benzene rings is 1. The number of aliphatic hydroxyl groups is 1. The van der Waals surface area contributed by atoms with Gasteiger partial charge in [0.1, 0.15) is 5.75 Å². The number of nitrogens with zero attached hydrogens (tertiary/aromatic N) is 2. The molecule has 0 spiro atoms. The van der Waals surface area contributed by atoms with Gasteiger partial charge in [-0.05, 0) is 53.4 Å². The predicted molar refractivity (Wildman–Crippen MR) is 76.6 cm³/mol. The second kappa shape index (κ2) is 5.54. The van der Waals surface area contributed by atoms with Gasteiger partial charge in [-0.15, -0.1) is 0 Å². The van der Waals surface area contributed by atoms with Crippen LogP contribution in [0.25, 0.3) is 11.4 Å². The van der Waals surface area contributed by atoms with E-state index in [-0.39, 0.29) is 12.0 Å². The first-order chi connectivity index (χ1) is 9.69. The summed E-state index contributed by atoms with van der Waals surface area (Å²) in [5.41, 5.74) is 0.847. The number of aromatic nitrogens is 2. The van der Waals surface area contributed by atoms with Gasteiger partial charge in [-0.25, -0.2) is 0 Å². The van der Waals surface area contributed by atoms with Gasteiger partial charge in [0.05, 0.1) is 23.6 Å². The van der Waals surface area contributed by atoms with Crippen LogP contribution in [-0.2, 0) is 0 Å². The number of methoxy groups -OCH3 is 1. The number of rotatable bonds is 3. The lowest BCUT2D eigenvalue weighted by Crippen LogP contribution is -2.11. The highest BCUT2D eigenvalue weighted by atomic mass is 79.9. The summed E-state index contributed by atoms with van der Waals surface area (Å²) < 4.78 is 11.3. The number of halogens is 1. The monoisotopic (exact) mass is 338 g/mol. The Kier molecular flexibility index (Phi) is 3.76. The minimum atomic E-state index is -0.370. The molecule has 1 aliphatic rings. The van der Waals surface area contributed by atoms with Gasteiger partial charge in [0.25, 0.3) is 0 Å². The van der Waals surface area contributed by atoms with Crippen LogP contribution in [0, 0.1) is 0 Å². The Labute approximate surface area is 125 Å². The van der Waals surface area contributed by atoms with Crippen LogP contribution in [0.4, 0.5) is 0 Å². The van der Waals surface area contributed by atoms with Crippen LogP contribution in [0.5, 0.6) is 5.75 Å². The Morgan fingerprint density at radius 1 is 1.40 bits per heavy atom. The standard InChI is InChI=1S/C14H15BrN2O3/c1-19-12-6-5-8(7-10(12)15)13-16-14(20-17-13)9-3-2-4-11(9)18/h5-7,9,11,18H,2-4H2,1H3. The zero-order valence-electron chi connectivity index (χ0n) is 11.0. The molecule has 1 N–H and O–H groups in total. The molecule has 1 aromatic carbocycles. The van der Waals surface area contributed by atoms with Crippen molar-refractivity contribution >= 4 is 15.9 Å². The van der Waals surface area contributed by atoms with Crippen molar-refractivity contribution in [2.75, 3.05) is 7.11 Å². The van der Waals surface area contributed by atoms with E-state index in [1.807, 2.05) is 18.2 Å². The summed E-state index contributed by atoms with van der Waals surface area (Å²) in [6.07, 6.45) is 2.33. The zero-order valence-corrected chi connectivity index (χ0v) is 12.6. The zero-order chi connectivity index (χ0) is 14.1. The van der Waals surface area contributed by atoms with E-state index >= 15 is 0 Å². The molecule has 2 atom stereocenters. The van der Waals surface area contributed by atoms with Crippen molar-refractivity contribution in [3.8, 4) is 17.1 Å². The third-order valence-electron chi connectivity index (χ3n) is 3.65. The molecule has 1 heterocycles. The quantitative estimate of drug-likeness (QED) is 0.930. The summed E-state index contributed by atoms with van der Waals surface area (Å²) in [6, 6.07) is 5.61. The van der Waals surface area contributed by atoms with E-state index in [2.05, 4.69) is 26.1 Å². The van der Waals surface area contributed by atoms with Crippen LogP contribution in [0.1, 0.15) is 31.1 Å². The smallest absolute Gasteiger partial charge is 0.232 e. The lowest BCUT2D eigenvalue weighted by Gasteiger charge is -2.07. The van der Waals surface area contributed by atoms with E-state index in [0.717, 1.165) is 35.0 Å². The molecule has 1 aromatic heterocycles. The van der Waals surface area contributed by atoms with Crippen molar-refractivity contribution in [1.29, 1.82) is 0 Å². The van der Waals surface area contributed by atoms with Gasteiger partial charge < -0.3 is 14.4 Å². The molecular formula is C14H15BrN2O3. The van der Waals surface area contributed by atoms with E-state index < -0.39 is 0 Å². The van der Waals surface area contributed by atoms with Gasteiger partial charge in [-0.1, -0.05) is 5.16 Å². The maximum Gasteiger partial charge on any atom is 0.232 e. The molecule has 0 bridgehead atoms. The van der Waals surface area contributed by atoms with Crippen molar-refractivity contribution in [3.63, 3.8) is 0 Å². The molecule has 6 heteroatoms. The van der Waals surface area contributed by atoms with E-state index in [9.17, 15) is 5.11 Å². The molecule has 1 fully saturated rings. The minimum Gasteiger partial charge on any atom is -0.496 e. The molecule has 20 heavy (non-hydrogen) atoms. The van der Waals surface area contributed by atoms with Gasteiger partial charge in [0.15, 0.2) is 0 Å². The lowest BCUT2D eigenvalue weighted by molar-refractivity contribution is 0.148. The molecule has 0 radical (unpaired) electrons. The fraction of sp³-hybridized carbons (Fsp3) is 0.429. The number of hydrogen-bond donors (Lipinski definition) is 1. The average molecular weight is 339 g/mol. The number of ether oxygens (including phenoxy) is 1. The molecule has 2 unspecified atom stereocenters. The number of hydrogen-bond acceptors (Lipinski definition) is 5. The Balaban J connectivity index is 1.88. The van der Waals surface area contributed by atoms with Gasteiger partial charge in [-0.3, -0.25) is 0 Å². The van der Waals surface area contributed by atoms with Crippen molar-refractivity contribution in [3.05, 3.63) is 28.6 Å². The minimum absolute atomic E-state index is 0.0297. The average Bonchev–Trinajstić information content (AvgIpc) is 3.07. The second-order valence-corrected chi connectivity index (χ2v) is 5.76. The fourth-order valence-electron chi connectivity index (χ4n) is 2.54. The summed E-state index contributed by atoms with van der Waals surface area (Å²) in [7, 11) is 1.62. The van der Waals surface area contributed by atoms with Gasteiger partial charge in [0, 0.05) is 5.56 Å². The summed E-state index contributed by atoms with van der Waals surface area (Å²) in [5, 5.41) is 13.9. The molecule has 5 nitrogen and oxygen atoms in total. The summed E-state index contributed by atoms with van der Waals surface area (Å²) in [6.45, 7) is 0. The molecule has 3 rings (SSSR count). The molecule has 106 valence electrons. The molecular weight excluding hydrogens is 324 g/mol. The van der Waals surface area contributed by atoms with Crippen LogP contribution in [0.15, 0.2) is 27.2 Å². The van der Waals surface area contributed by atoms with Gasteiger partial charge >= 0.3 is 0 Å². The van der Waals surface area contributed by atoms with Crippen LogP contribution in [0.2, 0.25) is 0 Å². The third kappa shape index (κ3) is 2.45. The predicted octanol–water partition coefficient (Wildman–Crippen LogP) is 3.14. The Morgan fingerprint density at radius 2 is 2.25 bits per heavy atom. The van der Waals surface area contributed by atoms with Crippen LogP contribution < -0.4 is 4.74 Å². The molecule has 2 aromatic rings. The Morgan fingerprint density at radius 3 is 2.90 bits per heavy atom. The maximum absolute atomic E-state index is 9.88. The normalized spacial score (nSPS) is 22.1. The summed E-state index contributed by atoms with van der Waals surface area (Å²) >= 11 is 3.44. The topological polar surface area (TPSA) is 68.4 Å². The van der Waals surface area contributed by atoms with Gasteiger partial charge in [0.2, 0.25) is 11.7 Å². The Bertz CT molecular complexity index is 614.